The molecular formula is C22H27NO6. The molecule has 0 radical (unpaired) electrons. The quantitative estimate of drug-likeness (QED) is 0.711. The molecule has 0 atom stereocenters. The second-order valence-electron chi connectivity index (χ2n) is 7.36. The maximum Gasteiger partial charge on any atom is 0.338 e. The van der Waals surface area contributed by atoms with E-state index in [4.69, 9.17) is 18.9 Å². The third-order valence-electron chi connectivity index (χ3n) is 4.29. The molecule has 0 fully saturated rings. The fraction of sp³-hybridized carbons (Fsp3) is 0.364. The highest BCUT2D eigenvalue weighted by Gasteiger charge is 2.18. The van der Waals surface area contributed by atoms with Crippen molar-refractivity contribution in [3.05, 3.63) is 47.5 Å². The van der Waals surface area contributed by atoms with Crippen LogP contribution in [0.15, 0.2) is 36.4 Å². The molecule has 0 aromatic heterocycles. The molecule has 0 unspecified atom stereocenters. The van der Waals surface area contributed by atoms with Crippen LogP contribution in [-0.2, 0) is 14.9 Å². The van der Waals surface area contributed by atoms with Gasteiger partial charge < -0.3 is 24.3 Å². The van der Waals surface area contributed by atoms with Crippen molar-refractivity contribution in [2.45, 2.75) is 26.2 Å². The van der Waals surface area contributed by atoms with E-state index in [0.29, 0.717) is 22.9 Å². The predicted octanol–water partition coefficient (Wildman–Crippen LogP) is 3.81. The molecule has 0 aliphatic rings. The summed E-state index contributed by atoms with van der Waals surface area (Å²) >= 11 is 0. The third kappa shape index (κ3) is 5.63. The number of carbonyl (C=O) groups excluding carboxylic acids is 2. The Kier molecular flexibility index (Phi) is 7.09. The summed E-state index contributed by atoms with van der Waals surface area (Å²) < 4.78 is 20.7. The van der Waals surface area contributed by atoms with Gasteiger partial charge in [-0.15, -0.1) is 0 Å². The van der Waals surface area contributed by atoms with Crippen molar-refractivity contribution in [1.82, 2.24) is 0 Å². The Morgan fingerprint density at radius 2 is 1.48 bits per heavy atom. The molecule has 0 spiro atoms. The van der Waals surface area contributed by atoms with Crippen LogP contribution < -0.4 is 19.5 Å². The number of rotatable bonds is 7. The minimum absolute atomic E-state index is 0.0916. The summed E-state index contributed by atoms with van der Waals surface area (Å²) in [5, 5.41) is 2.74. The van der Waals surface area contributed by atoms with Crippen molar-refractivity contribution in [1.29, 1.82) is 0 Å². The topological polar surface area (TPSA) is 83.1 Å². The van der Waals surface area contributed by atoms with Gasteiger partial charge in [0.2, 0.25) is 0 Å². The highest BCUT2D eigenvalue weighted by atomic mass is 16.5. The van der Waals surface area contributed by atoms with E-state index in [1.54, 1.807) is 12.1 Å². The molecule has 2 aromatic rings. The molecule has 0 aliphatic heterocycles. The Bertz CT molecular complexity index is 885. The highest BCUT2D eigenvalue weighted by Crippen LogP contribution is 2.31. The number of amides is 1. The third-order valence-corrected chi connectivity index (χ3v) is 4.29. The van der Waals surface area contributed by atoms with Gasteiger partial charge in [-0.25, -0.2) is 4.79 Å². The van der Waals surface area contributed by atoms with E-state index in [0.717, 1.165) is 5.56 Å². The second-order valence-corrected chi connectivity index (χ2v) is 7.36. The van der Waals surface area contributed by atoms with Crippen molar-refractivity contribution in [3.63, 3.8) is 0 Å². The summed E-state index contributed by atoms with van der Waals surface area (Å²) in [7, 11) is 4.50. The fourth-order valence-corrected chi connectivity index (χ4v) is 2.64. The number of ether oxygens (including phenoxy) is 4. The normalized spacial score (nSPS) is 10.8. The molecule has 156 valence electrons. The highest BCUT2D eigenvalue weighted by molar-refractivity contribution is 5.96. The Morgan fingerprint density at radius 3 is 2.07 bits per heavy atom. The molecule has 0 bridgehead atoms. The summed E-state index contributed by atoms with van der Waals surface area (Å²) in [5.74, 6) is 0.306. The standard InChI is InChI=1S/C22H27NO6/c1-22(2,3)15-8-10-17(26-4)16(12-15)23-20(24)13-29-21(25)14-7-9-18(27-5)19(11-14)28-6/h7-12H,13H2,1-6H3,(H,23,24). The van der Waals surface area contributed by atoms with Crippen LogP contribution in [0.25, 0.3) is 0 Å². The minimum Gasteiger partial charge on any atom is -0.495 e. The van der Waals surface area contributed by atoms with Crippen LogP contribution in [0.4, 0.5) is 5.69 Å². The maximum absolute atomic E-state index is 12.3. The van der Waals surface area contributed by atoms with Gasteiger partial charge in [-0.1, -0.05) is 26.8 Å². The summed E-state index contributed by atoms with van der Waals surface area (Å²) in [5.41, 5.74) is 1.72. The number of nitrogens with one attached hydrogen (secondary N) is 1. The molecule has 2 rings (SSSR count). The lowest BCUT2D eigenvalue weighted by Gasteiger charge is -2.21. The van der Waals surface area contributed by atoms with Crippen LogP contribution in [0.5, 0.6) is 17.2 Å². The first-order valence-electron chi connectivity index (χ1n) is 9.07. The van der Waals surface area contributed by atoms with Gasteiger partial charge in [-0.2, -0.15) is 0 Å². The molecule has 1 N–H and O–H groups in total. The SMILES string of the molecule is COc1ccc(C(C)(C)C)cc1NC(=O)COC(=O)c1ccc(OC)c(OC)c1. The largest absolute Gasteiger partial charge is 0.495 e. The lowest BCUT2D eigenvalue weighted by molar-refractivity contribution is -0.119. The van der Waals surface area contributed by atoms with E-state index in [1.807, 2.05) is 12.1 Å². The van der Waals surface area contributed by atoms with Gasteiger partial charge >= 0.3 is 5.97 Å². The van der Waals surface area contributed by atoms with Gasteiger partial charge in [0.05, 0.1) is 32.6 Å². The molecule has 2 aromatic carbocycles. The van der Waals surface area contributed by atoms with Gasteiger partial charge in [0, 0.05) is 0 Å². The van der Waals surface area contributed by atoms with Crippen LogP contribution in [0, 0.1) is 0 Å². The van der Waals surface area contributed by atoms with Crippen molar-refractivity contribution in [2.75, 3.05) is 33.3 Å². The Morgan fingerprint density at radius 1 is 0.862 bits per heavy atom. The van der Waals surface area contributed by atoms with Crippen LogP contribution in [0.3, 0.4) is 0 Å². The van der Waals surface area contributed by atoms with Gasteiger partial charge in [0.15, 0.2) is 18.1 Å². The molecule has 29 heavy (non-hydrogen) atoms. The molecular weight excluding hydrogens is 374 g/mol. The van der Waals surface area contributed by atoms with E-state index in [9.17, 15) is 9.59 Å². The van der Waals surface area contributed by atoms with E-state index < -0.39 is 18.5 Å². The molecule has 7 nitrogen and oxygen atoms in total. The summed E-state index contributed by atoms with van der Waals surface area (Å²) in [6.07, 6.45) is 0. The van der Waals surface area contributed by atoms with Crippen LogP contribution >= 0.6 is 0 Å². The number of esters is 1. The summed E-state index contributed by atoms with van der Waals surface area (Å²) in [4.78, 5) is 24.6. The van der Waals surface area contributed by atoms with E-state index in [-0.39, 0.29) is 11.0 Å². The first-order valence-corrected chi connectivity index (χ1v) is 9.07. The Balaban J connectivity index is 2.05. The number of anilines is 1. The number of carbonyl (C=O) groups is 2. The van der Waals surface area contributed by atoms with Crippen molar-refractivity contribution >= 4 is 17.6 Å². The van der Waals surface area contributed by atoms with E-state index in [1.165, 1.54) is 33.5 Å². The molecule has 0 saturated carbocycles. The van der Waals surface area contributed by atoms with Gasteiger partial charge in [-0.3, -0.25) is 4.79 Å². The zero-order valence-electron chi connectivity index (χ0n) is 17.6. The van der Waals surface area contributed by atoms with Crippen molar-refractivity contribution in [3.8, 4) is 17.2 Å². The average Bonchev–Trinajstić information content (AvgIpc) is 2.70. The van der Waals surface area contributed by atoms with Crippen LogP contribution in [-0.4, -0.2) is 39.8 Å². The summed E-state index contributed by atoms with van der Waals surface area (Å²) in [6.45, 7) is 5.79. The van der Waals surface area contributed by atoms with E-state index >= 15 is 0 Å². The second kappa shape index (κ2) is 9.32. The van der Waals surface area contributed by atoms with Gasteiger partial charge in [0.1, 0.15) is 5.75 Å². The molecule has 1 amide bonds. The molecule has 7 heteroatoms. The van der Waals surface area contributed by atoms with E-state index in [2.05, 4.69) is 26.1 Å². The number of hydrogen-bond donors (Lipinski definition) is 1. The number of hydrogen-bond acceptors (Lipinski definition) is 6. The number of methoxy groups -OCH3 is 3. The minimum atomic E-state index is -0.642. The van der Waals surface area contributed by atoms with Crippen LogP contribution in [0.1, 0.15) is 36.7 Å². The predicted molar refractivity (Wildman–Crippen MR) is 110 cm³/mol. The van der Waals surface area contributed by atoms with Gasteiger partial charge in [0.25, 0.3) is 5.91 Å². The first kappa shape index (κ1) is 22.1. The van der Waals surface area contributed by atoms with Crippen molar-refractivity contribution < 1.29 is 28.5 Å². The first-order chi connectivity index (χ1) is 13.7. The fourth-order valence-electron chi connectivity index (χ4n) is 2.64. The van der Waals surface area contributed by atoms with Gasteiger partial charge in [-0.05, 0) is 41.3 Å². The Labute approximate surface area is 170 Å². The smallest absolute Gasteiger partial charge is 0.338 e. The van der Waals surface area contributed by atoms with Crippen LogP contribution in [0.2, 0.25) is 0 Å². The zero-order valence-corrected chi connectivity index (χ0v) is 17.6. The van der Waals surface area contributed by atoms with Crippen molar-refractivity contribution in [2.24, 2.45) is 0 Å². The maximum atomic E-state index is 12.3. The molecule has 0 heterocycles. The molecule has 0 saturated heterocycles. The zero-order chi connectivity index (χ0) is 21.6. The number of benzene rings is 2. The monoisotopic (exact) mass is 401 g/mol. The summed E-state index contributed by atoms with van der Waals surface area (Å²) in [6, 6.07) is 10.2. The Hall–Kier alpha value is -3.22. The average molecular weight is 401 g/mol. The lowest BCUT2D eigenvalue weighted by atomic mass is 9.87. The molecule has 0 aliphatic carbocycles. The lowest BCUT2D eigenvalue weighted by Crippen LogP contribution is -2.22.